The van der Waals surface area contributed by atoms with Gasteiger partial charge in [0.15, 0.2) is 0 Å². The van der Waals surface area contributed by atoms with E-state index >= 15 is 0 Å². The second-order valence-corrected chi connectivity index (χ2v) is 10.0. The Morgan fingerprint density at radius 1 is 0.963 bits per heavy atom. The van der Waals surface area contributed by atoms with E-state index in [-0.39, 0.29) is 10.3 Å². The number of aryl methyl sites for hydroxylation is 2. The van der Waals surface area contributed by atoms with E-state index in [2.05, 4.69) is 30.3 Å². The monoisotopic (exact) mass is 399 g/mol. The standard InChI is InChI=1S/C21H18FNO2S2/c22-16-7-9-17(10-8-16)27(24,25)23-12-13-26-21(23)19-11-6-15-5-4-14-2-1-3-18(19)20(14)15/h1-3,6-11,21H,4-5,12-13H2/t21-/m1/s1. The molecule has 1 heterocycles. The molecule has 0 bridgehead atoms. The zero-order chi connectivity index (χ0) is 18.6. The van der Waals surface area contributed by atoms with Crippen LogP contribution in [-0.2, 0) is 22.9 Å². The molecule has 0 saturated carbocycles. The number of thioether (sulfide) groups is 1. The maximum atomic E-state index is 13.2. The molecule has 1 fully saturated rings. The summed E-state index contributed by atoms with van der Waals surface area (Å²) in [6, 6.07) is 15.7. The molecule has 0 aromatic heterocycles. The summed E-state index contributed by atoms with van der Waals surface area (Å²) in [5, 5.41) is 2.19. The third-order valence-electron chi connectivity index (χ3n) is 5.45. The lowest BCUT2D eigenvalue weighted by Crippen LogP contribution is -2.30. The molecule has 27 heavy (non-hydrogen) atoms. The highest BCUT2D eigenvalue weighted by Crippen LogP contribution is 2.45. The number of rotatable bonds is 3. The Morgan fingerprint density at radius 3 is 2.48 bits per heavy atom. The van der Waals surface area contributed by atoms with E-state index in [0.29, 0.717) is 6.54 Å². The average Bonchev–Trinajstić information content (AvgIpc) is 3.32. The Hall–Kier alpha value is -1.89. The summed E-state index contributed by atoms with van der Waals surface area (Å²) in [7, 11) is -3.68. The second-order valence-electron chi connectivity index (χ2n) is 6.95. The molecule has 6 heteroatoms. The van der Waals surface area contributed by atoms with Gasteiger partial charge in [-0.05, 0) is 64.6 Å². The molecule has 1 atom stereocenters. The molecule has 3 aromatic rings. The van der Waals surface area contributed by atoms with Gasteiger partial charge >= 0.3 is 0 Å². The van der Waals surface area contributed by atoms with Crippen LogP contribution in [0.15, 0.2) is 59.5 Å². The predicted molar refractivity (Wildman–Crippen MR) is 107 cm³/mol. The van der Waals surface area contributed by atoms with Crippen molar-refractivity contribution in [3.8, 4) is 0 Å². The molecule has 1 aliphatic heterocycles. The maximum Gasteiger partial charge on any atom is 0.244 e. The molecule has 0 radical (unpaired) electrons. The predicted octanol–water partition coefficient (Wildman–Crippen LogP) is 4.51. The Labute approximate surface area is 162 Å². The van der Waals surface area contributed by atoms with Gasteiger partial charge in [-0.15, -0.1) is 11.8 Å². The van der Waals surface area contributed by atoms with Crippen molar-refractivity contribution in [2.24, 2.45) is 0 Å². The Balaban J connectivity index is 1.62. The van der Waals surface area contributed by atoms with Gasteiger partial charge in [-0.2, -0.15) is 4.31 Å². The van der Waals surface area contributed by atoms with E-state index in [1.807, 2.05) is 0 Å². The minimum absolute atomic E-state index is 0.141. The first-order chi connectivity index (χ1) is 13.1. The molecule has 0 unspecified atom stereocenters. The van der Waals surface area contributed by atoms with Gasteiger partial charge in [-0.3, -0.25) is 0 Å². The van der Waals surface area contributed by atoms with Crippen LogP contribution in [0.4, 0.5) is 4.39 Å². The number of benzene rings is 3. The lowest BCUT2D eigenvalue weighted by Gasteiger charge is -2.25. The van der Waals surface area contributed by atoms with Crippen LogP contribution >= 0.6 is 11.8 Å². The lowest BCUT2D eigenvalue weighted by atomic mass is 10.00. The van der Waals surface area contributed by atoms with Crippen molar-refractivity contribution >= 4 is 32.6 Å². The van der Waals surface area contributed by atoms with E-state index in [9.17, 15) is 12.8 Å². The first kappa shape index (κ1) is 17.2. The van der Waals surface area contributed by atoms with E-state index < -0.39 is 15.8 Å². The van der Waals surface area contributed by atoms with Crippen molar-refractivity contribution in [1.82, 2.24) is 4.31 Å². The second kappa shape index (κ2) is 6.33. The fourth-order valence-corrected chi connectivity index (χ4v) is 7.44. The highest BCUT2D eigenvalue weighted by molar-refractivity contribution is 8.01. The fourth-order valence-electron chi connectivity index (χ4n) is 4.17. The molecule has 0 N–H and O–H groups in total. The Morgan fingerprint density at radius 2 is 1.70 bits per heavy atom. The molecule has 0 amide bonds. The first-order valence-electron chi connectivity index (χ1n) is 8.98. The van der Waals surface area contributed by atoms with Gasteiger partial charge in [0.1, 0.15) is 5.82 Å². The number of hydrogen-bond donors (Lipinski definition) is 0. The normalized spacial score (nSPS) is 19.8. The van der Waals surface area contributed by atoms with Crippen molar-refractivity contribution in [3.05, 3.63) is 77.1 Å². The van der Waals surface area contributed by atoms with Crippen LogP contribution in [0.25, 0.3) is 10.8 Å². The summed E-state index contributed by atoms with van der Waals surface area (Å²) < 4.78 is 41.2. The van der Waals surface area contributed by atoms with Crippen molar-refractivity contribution < 1.29 is 12.8 Å². The van der Waals surface area contributed by atoms with Crippen LogP contribution in [0.1, 0.15) is 22.1 Å². The van der Waals surface area contributed by atoms with Crippen LogP contribution in [0.2, 0.25) is 0 Å². The van der Waals surface area contributed by atoms with Crippen molar-refractivity contribution in [2.75, 3.05) is 12.3 Å². The summed E-state index contributed by atoms with van der Waals surface area (Å²) in [5.74, 6) is 0.308. The zero-order valence-corrected chi connectivity index (χ0v) is 16.2. The van der Waals surface area contributed by atoms with Gasteiger partial charge in [-0.25, -0.2) is 12.8 Å². The van der Waals surface area contributed by atoms with Gasteiger partial charge in [0.2, 0.25) is 10.0 Å². The average molecular weight is 400 g/mol. The number of halogens is 1. The first-order valence-corrected chi connectivity index (χ1v) is 11.5. The van der Waals surface area contributed by atoms with E-state index in [1.54, 1.807) is 16.1 Å². The van der Waals surface area contributed by atoms with Crippen molar-refractivity contribution in [2.45, 2.75) is 23.1 Å². The zero-order valence-electron chi connectivity index (χ0n) is 14.6. The number of nitrogens with zero attached hydrogens (tertiary/aromatic N) is 1. The van der Waals surface area contributed by atoms with Gasteiger partial charge in [0, 0.05) is 12.3 Å². The molecule has 3 nitrogen and oxygen atoms in total. The minimum Gasteiger partial charge on any atom is -0.207 e. The van der Waals surface area contributed by atoms with E-state index in [4.69, 9.17) is 0 Å². The largest absolute Gasteiger partial charge is 0.244 e. The van der Waals surface area contributed by atoms with Crippen LogP contribution in [0.3, 0.4) is 0 Å². The van der Waals surface area contributed by atoms with E-state index in [1.165, 1.54) is 40.8 Å². The highest BCUT2D eigenvalue weighted by Gasteiger charge is 2.38. The molecule has 138 valence electrons. The number of hydrogen-bond acceptors (Lipinski definition) is 3. The highest BCUT2D eigenvalue weighted by atomic mass is 32.2. The quantitative estimate of drug-likeness (QED) is 0.650. The van der Waals surface area contributed by atoms with Crippen LogP contribution in [0, 0.1) is 5.82 Å². The summed E-state index contributed by atoms with van der Waals surface area (Å²) >= 11 is 1.65. The fraction of sp³-hybridized carbons (Fsp3) is 0.238. The van der Waals surface area contributed by atoms with Gasteiger partial charge in [-0.1, -0.05) is 30.3 Å². The van der Waals surface area contributed by atoms with Crippen LogP contribution in [-0.4, -0.2) is 25.0 Å². The van der Waals surface area contributed by atoms with Crippen molar-refractivity contribution in [1.29, 1.82) is 0 Å². The Kier molecular flexibility index (Phi) is 4.04. The molecule has 1 aliphatic carbocycles. The SMILES string of the molecule is O=S(=O)(c1ccc(F)cc1)N1CCS[C@@H]1c1ccc2c3c(cccc13)CC2. The molecule has 0 spiro atoms. The smallest absolute Gasteiger partial charge is 0.207 e. The summed E-state index contributed by atoms with van der Waals surface area (Å²) in [4.78, 5) is 0.141. The molecular weight excluding hydrogens is 381 g/mol. The molecule has 3 aromatic carbocycles. The topological polar surface area (TPSA) is 37.4 Å². The van der Waals surface area contributed by atoms with Gasteiger partial charge < -0.3 is 0 Å². The summed E-state index contributed by atoms with van der Waals surface area (Å²) in [6.07, 6.45) is 2.09. The van der Waals surface area contributed by atoms with Gasteiger partial charge in [0.25, 0.3) is 0 Å². The van der Waals surface area contributed by atoms with Crippen molar-refractivity contribution in [3.63, 3.8) is 0 Å². The molecule has 1 saturated heterocycles. The minimum atomic E-state index is -3.68. The third kappa shape index (κ3) is 2.70. The lowest BCUT2D eigenvalue weighted by molar-refractivity contribution is 0.435. The number of sulfonamides is 1. The summed E-state index contributed by atoms with van der Waals surface area (Å²) in [5.41, 5.74) is 3.74. The van der Waals surface area contributed by atoms with E-state index in [0.717, 1.165) is 29.5 Å². The van der Waals surface area contributed by atoms with Crippen LogP contribution < -0.4 is 0 Å². The molecular formula is C21H18FNO2S2. The molecule has 2 aliphatic rings. The van der Waals surface area contributed by atoms with Crippen LogP contribution in [0.5, 0.6) is 0 Å². The van der Waals surface area contributed by atoms with Gasteiger partial charge in [0.05, 0.1) is 10.3 Å². The summed E-state index contributed by atoms with van der Waals surface area (Å²) in [6.45, 7) is 0.456. The third-order valence-corrected chi connectivity index (χ3v) is 8.70. The maximum absolute atomic E-state index is 13.2. The molecule has 5 rings (SSSR count). The Bertz CT molecular complexity index is 1130.